The van der Waals surface area contributed by atoms with Gasteiger partial charge in [0.2, 0.25) is 0 Å². The van der Waals surface area contributed by atoms with Crippen LogP contribution in [0, 0.1) is 17.8 Å². The van der Waals surface area contributed by atoms with Crippen molar-refractivity contribution in [1.29, 1.82) is 0 Å². The summed E-state index contributed by atoms with van der Waals surface area (Å²) in [4.78, 5) is 11.3. The zero-order valence-electron chi connectivity index (χ0n) is 7.07. The van der Waals surface area contributed by atoms with Gasteiger partial charge in [-0.3, -0.25) is 4.79 Å². The van der Waals surface area contributed by atoms with Crippen LogP contribution >= 0.6 is 0 Å². The Morgan fingerprint density at radius 1 is 1.42 bits per heavy atom. The number of rotatable bonds is 1. The number of fused-ring (bicyclic) bond motifs is 2. The van der Waals surface area contributed by atoms with Gasteiger partial charge < -0.3 is 4.74 Å². The van der Waals surface area contributed by atoms with Gasteiger partial charge in [-0.2, -0.15) is 0 Å². The van der Waals surface area contributed by atoms with Crippen LogP contribution < -0.4 is 0 Å². The summed E-state index contributed by atoms with van der Waals surface area (Å²) >= 11 is 0. The quantitative estimate of drug-likeness (QED) is 0.434. The maximum atomic E-state index is 11.3. The van der Waals surface area contributed by atoms with Gasteiger partial charge >= 0.3 is 5.97 Å². The number of hydrogen-bond acceptors (Lipinski definition) is 2. The lowest BCUT2D eigenvalue weighted by Crippen LogP contribution is -2.27. The summed E-state index contributed by atoms with van der Waals surface area (Å²) in [5, 5.41) is 0. The molecule has 0 aromatic heterocycles. The van der Waals surface area contributed by atoms with Crippen LogP contribution in [-0.4, -0.2) is 13.1 Å². The minimum Gasteiger partial charge on any atom is -0.469 e. The topological polar surface area (TPSA) is 26.3 Å². The highest BCUT2D eigenvalue weighted by Crippen LogP contribution is 2.38. The summed E-state index contributed by atoms with van der Waals surface area (Å²) in [5.74, 6) is 0.656. The van der Waals surface area contributed by atoms with Crippen molar-refractivity contribution in [3.8, 4) is 0 Å². The average molecular weight is 164 g/mol. The van der Waals surface area contributed by atoms with Crippen molar-refractivity contribution >= 4 is 5.97 Å². The summed E-state index contributed by atoms with van der Waals surface area (Å²) < 4.78 is 4.76. The fourth-order valence-electron chi connectivity index (χ4n) is 2.07. The van der Waals surface area contributed by atoms with Gasteiger partial charge in [0, 0.05) is 5.92 Å². The fourth-order valence-corrected chi connectivity index (χ4v) is 2.07. The van der Waals surface area contributed by atoms with Crippen LogP contribution in [0.15, 0.2) is 24.3 Å². The van der Waals surface area contributed by atoms with Crippen molar-refractivity contribution in [2.75, 3.05) is 7.11 Å². The van der Waals surface area contributed by atoms with Crippen LogP contribution in [-0.2, 0) is 9.53 Å². The van der Waals surface area contributed by atoms with Crippen molar-refractivity contribution in [2.45, 2.75) is 6.42 Å². The highest BCUT2D eigenvalue weighted by molar-refractivity contribution is 5.75. The van der Waals surface area contributed by atoms with Gasteiger partial charge in [-0.1, -0.05) is 24.3 Å². The molecule has 64 valence electrons. The molecule has 0 radical (unpaired) electrons. The van der Waals surface area contributed by atoms with Crippen molar-refractivity contribution in [1.82, 2.24) is 0 Å². The number of hydrogen-bond donors (Lipinski definition) is 0. The standard InChI is InChI=1S/C10H12O2/c1-12-10(11)9-7-3-2-4-8(9)6-5-7/h2-3,5-9H,4H2,1H3/t7-,8+,9-/m1/s1. The third-order valence-corrected chi connectivity index (χ3v) is 2.70. The second-order valence-electron chi connectivity index (χ2n) is 3.34. The van der Waals surface area contributed by atoms with E-state index in [0.29, 0.717) is 5.92 Å². The first-order chi connectivity index (χ1) is 5.83. The van der Waals surface area contributed by atoms with E-state index in [4.69, 9.17) is 4.74 Å². The zero-order valence-corrected chi connectivity index (χ0v) is 7.07. The largest absolute Gasteiger partial charge is 0.469 e. The molecule has 2 rings (SSSR count). The van der Waals surface area contributed by atoms with Crippen molar-refractivity contribution in [3.05, 3.63) is 24.3 Å². The second-order valence-corrected chi connectivity index (χ2v) is 3.34. The predicted molar refractivity (Wildman–Crippen MR) is 45.4 cm³/mol. The van der Waals surface area contributed by atoms with E-state index in [1.54, 1.807) is 0 Å². The lowest BCUT2D eigenvalue weighted by atomic mass is 9.82. The number of ether oxygens (including phenoxy) is 1. The number of carbonyl (C=O) groups excluding carboxylic acids is 1. The average Bonchev–Trinajstić information content (AvgIpc) is 2.35. The van der Waals surface area contributed by atoms with Crippen LogP contribution in [0.5, 0.6) is 0 Å². The van der Waals surface area contributed by atoms with Gasteiger partial charge in [0.25, 0.3) is 0 Å². The Morgan fingerprint density at radius 3 is 2.92 bits per heavy atom. The highest BCUT2D eigenvalue weighted by Gasteiger charge is 2.37. The molecule has 0 amide bonds. The lowest BCUT2D eigenvalue weighted by molar-refractivity contribution is -0.147. The van der Waals surface area contributed by atoms with E-state index in [9.17, 15) is 4.79 Å². The number of allylic oxidation sites excluding steroid dienone is 4. The first-order valence-electron chi connectivity index (χ1n) is 4.26. The van der Waals surface area contributed by atoms with Crippen LogP contribution in [0.4, 0.5) is 0 Å². The van der Waals surface area contributed by atoms with Gasteiger partial charge in [-0.05, 0) is 12.3 Å². The minimum absolute atomic E-state index is 0.0556. The summed E-state index contributed by atoms with van der Waals surface area (Å²) in [6.45, 7) is 0. The molecule has 0 aromatic rings. The van der Waals surface area contributed by atoms with Crippen LogP contribution in [0.2, 0.25) is 0 Å². The first-order valence-corrected chi connectivity index (χ1v) is 4.26. The molecule has 0 saturated carbocycles. The van der Waals surface area contributed by atoms with Crippen molar-refractivity contribution < 1.29 is 9.53 Å². The summed E-state index contributed by atoms with van der Waals surface area (Å²) in [7, 11) is 1.46. The molecule has 0 aromatic carbocycles. The van der Waals surface area contributed by atoms with E-state index in [2.05, 4.69) is 24.3 Å². The molecule has 2 aliphatic carbocycles. The zero-order chi connectivity index (χ0) is 8.55. The van der Waals surface area contributed by atoms with Crippen LogP contribution in [0.3, 0.4) is 0 Å². The molecule has 0 heterocycles. The molecule has 0 N–H and O–H groups in total. The maximum Gasteiger partial charge on any atom is 0.310 e. The monoisotopic (exact) mass is 164 g/mol. The van der Waals surface area contributed by atoms with Gasteiger partial charge in [-0.15, -0.1) is 0 Å². The van der Waals surface area contributed by atoms with Crippen molar-refractivity contribution in [2.24, 2.45) is 17.8 Å². The molecule has 0 saturated heterocycles. The molecule has 0 aliphatic heterocycles. The molecule has 2 heteroatoms. The second kappa shape index (κ2) is 2.77. The van der Waals surface area contributed by atoms with Gasteiger partial charge in [0.15, 0.2) is 0 Å². The lowest BCUT2D eigenvalue weighted by Gasteiger charge is -2.23. The SMILES string of the molecule is COC(=O)[C@@H]1[C@@H]2C=CC[C@H]1C=C2. The molecule has 2 bridgehead atoms. The molecule has 0 fully saturated rings. The van der Waals surface area contributed by atoms with E-state index in [1.165, 1.54) is 7.11 Å². The Balaban J connectivity index is 2.20. The Hall–Kier alpha value is -1.05. The van der Waals surface area contributed by atoms with Crippen molar-refractivity contribution in [3.63, 3.8) is 0 Å². The third-order valence-electron chi connectivity index (χ3n) is 2.70. The van der Waals surface area contributed by atoms with E-state index >= 15 is 0 Å². The summed E-state index contributed by atoms with van der Waals surface area (Å²) in [6.07, 6.45) is 9.46. The number of carbonyl (C=O) groups is 1. The smallest absolute Gasteiger partial charge is 0.310 e. The molecule has 3 atom stereocenters. The molecular weight excluding hydrogens is 152 g/mol. The normalized spacial score (nSPS) is 36.9. The van der Waals surface area contributed by atoms with Gasteiger partial charge in [0.05, 0.1) is 13.0 Å². The summed E-state index contributed by atoms with van der Waals surface area (Å²) in [5.41, 5.74) is 0. The van der Waals surface area contributed by atoms with Crippen LogP contribution in [0.25, 0.3) is 0 Å². The summed E-state index contributed by atoms with van der Waals surface area (Å²) in [6, 6.07) is 0. The third kappa shape index (κ3) is 0.986. The molecule has 0 unspecified atom stereocenters. The highest BCUT2D eigenvalue weighted by atomic mass is 16.5. The van der Waals surface area contributed by atoms with E-state index in [1.807, 2.05) is 0 Å². The van der Waals surface area contributed by atoms with Crippen LogP contribution in [0.1, 0.15) is 6.42 Å². The Bertz CT molecular complexity index is 251. The Kier molecular flexibility index (Phi) is 1.75. The maximum absolute atomic E-state index is 11.3. The Labute approximate surface area is 71.9 Å². The predicted octanol–water partition coefficient (Wildman–Crippen LogP) is 1.54. The van der Waals surface area contributed by atoms with E-state index < -0.39 is 0 Å². The number of methoxy groups -OCH3 is 1. The van der Waals surface area contributed by atoms with Gasteiger partial charge in [-0.25, -0.2) is 0 Å². The first kappa shape index (κ1) is 7.59. The molecule has 2 aliphatic rings. The van der Waals surface area contributed by atoms with E-state index in [0.717, 1.165) is 6.42 Å². The molecular formula is C10H12O2. The minimum atomic E-state index is -0.0700. The molecule has 2 nitrogen and oxygen atoms in total. The molecule has 0 spiro atoms. The Morgan fingerprint density at radius 2 is 2.25 bits per heavy atom. The molecule has 12 heavy (non-hydrogen) atoms. The fraction of sp³-hybridized carbons (Fsp3) is 0.500. The number of esters is 1. The van der Waals surface area contributed by atoms with Gasteiger partial charge in [0.1, 0.15) is 0 Å². The van der Waals surface area contributed by atoms with E-state index in [-0.39, 0.29) is 17.8 Å².